The molecule has 0 aromatic carbocycles. The SMILES string of the molecule is CC(C)C(O)NC12CC(CNC1=O)C2. The molecule has 0 spiro atoms. The van der Waals surface area contributed by atoms with Crippen molar-refractivity contribution < 1.29 is 9.90 Å². The third-order valence-corrected chi connectivity index (χ3v) is 3.32. The highest BCUT2D eigenvalue weighted by molar-refractivity contribution is 5.89. The zero-order chi connectivity index (χ0) is 10.3. The van der Waals surface area contributed by atoms with E-state index in [2.05, 4.69) is 10.6 Å². The molecule has 14 heavy (non-hydrogen) atoms. The van der Waals surface area contributed by atoms with Crippen molar-refractivity contribution >= 4 is 5.91 Å². The van der Waals surface area contributed by atoms with Crippen molar-refractivity contribution in [1.82, 2.24) is 10.6 Å². The van der Waals surface area contributed by atoms with Gasteiger partial charge in [0.1, 0.15) is 11.8 Å². The summed E-state index contributed by atoms with van der Waals surface area (Å²) in [5.74, 6) is 0.803. The summed E-state index contributed by atoms with van der Waals surface area (Å²) in [5.41, 5.74) is -0.466. The summed E-state index contributed by atoms with van der Waals surface area (Å²) < 4.78 is 0. The normalized spacial score (nSPS) is 37.7. The van der Waals surface area contributed by atoms with Gasteiger partial charge in [0.05, 0.1) is 0 Å². The summed E-state index contributed by atoms with van der Waals surface area (Å²) in [7, 11) is 0. The summed E-state index contributed by atoms with van der Waals surface area (Å²) >= 11 is 0. The Hall–Kier alpha value is -0.610. The number of hydrogen-bond acceptors (Lipinski definition) is 3. The van der Waals surface area contributed by atoms with Crippen LogP contribution in [-0.2, 0) is 4.79 Å². The van der Waals surface area contributed by atoms with Gasteiger partial charge in [-0.1, -0.05) is 13.8 Å². The number of carbonyl (C=O) groups is 1. The molecular formula is C10H18N2O2. The van der Waals surface area contributed by atoms with Crippen molar-refractivity contribution in [3.63, 3.8) is 0 Å². The van der Waals surface area contributed by atoms with Crippen LogP contribution in [0.25, 0.3) is 0 Å². The Balaban J connectivity index is 1.99. The Bertz CT molecular complexity index is 247. The third kappa shape index (κ3) is 1.42. The minimum absolute atomic E-state index is 0.0553. The molecule has 4 nitrogen and oxygen atoms in total. The van der Waals surface area contributed by atoms with Gasteiger partial charge in [-0.2, -0.15) is 0 Å². The Morgan fingerprint density at radius 2 is 2.21 bits per heavy atom. The average Bonchev–Trinajstić information content (AvgIpc) is 2.06. The topological polar surface area (TPSA) is 61.4 Å². The Morgan fingerprint density at radius 1 is 1.57 bits per heavy atom. The second kappa shape index (κ2) is 3.21. The van der Waals surface area contributed by atoms with E-state index in [-0.39, 0.29) is 11.8 Å². The van der Waals surface area contributed by atoms with Gasteiger partial charge in [-0.15, -0.1) is 0 Å². The lowest BCUT2D eigenvalue weighted by atomic mass is 9.64. The molecule has 1 atom stereocenters. The van der Waals surface area contributed by atoms with Gasteiger partial charge in [0.2, 0.25) is 5.91 Å². The van der Waals surface area contributed by atoms with E-state index < -0.39 is 11.8 Å². The molecule has 0 aromatic rings. The van der Waals surface area contributed by atoms with Gasteiger partial charge >= 0.3 is 0 Å². The quantitative estimate of drug-likeness (QED) is 0.552. The molecule has 80 valence electrons. The monoisotopic (exact) mass is 198 g/mol. The van der Waals surface area contributed by atoms with Gasteiger partial charge in [0, 0.05) is 6.54 Å². The van der Waals surface area contributed by atoms with Crippen LogP contribution in [0.1, 0.15) is 26.7 Å². The molecule has 2 bridgehead atoms. The van der Waals surface area contributed by atoms with Crippen LogP contribution in [0.5, 0.6) is 0 Å². The maximum absolute atomic E-state index is 11.6. The number of amides is 1. The molecular weight excluding hydrogens is 180 g/mol. The average molecular weight is 198 g/mol. The molecule has 0 radical (unpaired) electrons. The first kappa shape index (κ1) is 9.93. The summed E-state index contributed by atoms with van der Waals surface area (Å²) in [6.45, 7) is 4.68. The van der Waals surface area contributed by atoms with E-state index in [0.717, 1.165) is 19.4 Å². The Labute approximate surface area is 84.1 Å². The van der Waals surface area contributed by atoms with Crippen LogP contribution in [0, 0.1) is 11.8 Å². The molecule has 2 aliphatic heterocycles. The van der Waals surface area contributed by atoms with Crippen molar-refractivity contribution in [1.29, 1.82) is 0 Å². The predicted octanol–water partition coefficient (Wildman–Crippen LogP) is -0.171. The fourth-order valence-corrected chi connectivity index (χ4v) is 2.29. The molecule has 1 amide bonds. The van der Waals surface area contributed by atoms with Gasteiger partial charge in [0.15, 0.2) is 0 Å². The number of carbonyl (C=O) groups excluding carboxylic acids is 1. The van der Waals surface area contributed by atoms with E-state index in [9.17, 15) is 9.90 Å². The van der Waals surface area contributed by atoms with E-state index in [1.165, 1.54) is 0 Å². The van der Waals surface area contributed by atoms with Crippen molar-refractivity contribution in [3.8, 4) is 0 Å². The van der Waals surface area contributed by atoms with E-state index in [4.69, 9.17) is 0 Å². The molecule has 3 N–H and O–H groups in total. The van der Waals surface area contributed by atoms with E-state index in [1.807, 2.05) is 13.8 Å². The summed E-state index contributed by atoms with van der Waals surface area (Å²) in [4.78, 5) is 11.6. The maximum Gasteiger partial charge on any atom is 0.240 e. The molecule has 1 saturated carbocycles. The van der Waals surface area contributed by atoms with Crippen LogP contribution in [0.3, 0.4) is 0 Å². The minimum atomic E-state index is -0.584. The number of hydrogen-bond donors (Lipinski definition) is 3. The first-order chi connectivity index (χ1) is 6.53. The molecule has 1 unspecified atom stereocenters. The molecule has 0 aromatic heterocycles. The van der Waals surface area contributed by atoms with Gasteiger partial charge in [-0.3, -0.25) is 10.1 Å². The Morgan fingerprint density at radius 3 is 2.71 bits per heavy atom. The van der Waals surface area contributed by atoms with Gasteiger partial charge in [-0.25, -0.2) is 0 Å². The fraction of sp³-hybridized carbons (Fsp3) is 0.900. The van der Waals surface area contributed by atoms with Crippen molar-refractivity contribution in [2.24, 2.45) is 11.8 Å². The lowest BCUT2D eigenvalue weighted by Gasteiger charge is -2.52. The highest BCUT2D eigenvalue weighted by atomic mass is 16.3. The van der Waals surface area contributed by atoms with Crippen LogP contribution in [0.15, 0.2) is 0 Å². The second-order valence-corrected chi connectivity index (χ2v) is 4.90. The number of rotatable bonds is 3. The number of nitrogens with one attached hydrogen (secondary N) is 2. The van der Waals surface area contributed by atoms with Crippen LogP contribution >= 0.6 is 0 Å². The number of aliphatic hydroxyl groups is 1. The zero-order valence-electron chi connectivity index (χ0n) is 8.71. The van der Waals surface area contributed by atoms with E-state index in [0.29, 0.717) is 5.92 Å². The maximum atomic E-state index is 11.6. The third-order valence-electron chi connectivity index (χ3n) is 3.32. The van der Waals surface area contributed by atoms with Crippen molar-refractivity contribution in [2.45, 2.75) is 38.5 Å². The first-order valence-electron chi connectivity index (χ1n) is 5.27. The molecule has 3 aliphatic rings. The molecule has 1 aliphatic carbocycles. The molecule has 3 fully saturated rings. The number of fused-ring (bicyclic) bond motifs is 2. The van der Waals surface area contributed by atoms with Crippen LogP contribution in [0.4, 0.5) is 0 Å². The summed E-state index contributed by atoms with van der Waals surface area (Å²) in [5, 5.41) is 15.6. The van der Waals surface area contributed by atoms with E-state index in [1.54, 1.807) is 0 Å². The predicted molar refractivity (Wildman–Crippen MR) is 52.4 cm³/mol. The summed E-state index contributed by atoms with van der Waals surface area (Å²) in [6.07, 6.45) is 1.17. The second-order valence-electron chi connectivity index (χ2n) is 4.90. The first-order valence-corrected chi connectivity index (χ1v) is 5.27. The van der Waals surface area contributed by atoms with Crippen LogP contribution < -0.4 is 10.6 Å². The number of aliphatic hydroxyl groups excluding tert-OH is 1. The zero-order valence-corrected chi connectivity index (χ0v) is 8.71. The van der Waals surface area contributed by atoms with Crippen LogP contribution in [-0.4, -0.2) is 29.3 Å². The molecule has 2 heterocycles. The highest BCUT2D eigenvalue weighted by Gasteiger charge is 2.54. The van der Waals surface area contributed by atoms with Crippen LogP contribution in [0.2, 0.25) is 0 Å². The highest BCUT2D eigenvalue weighted by Crippen LogP contribution is 2.41. The minimum Gasteiger partial charge on any atom is -0.378 e. The van der Waals surface area contributed by atoms with E-state index >= 15 is 0 Å². The molecule has 3 rings (SSSR count). The number of piperidine rings is 2. The van der Waals surface area contributed by atoms with Gasteiger partial charge < -0.3 is 10.4 Å². The lowest BCUT2D eigenvalue weighted by molar-refractivity contribution is -0.143. The molecule has 2 saturated heterocycles. The fourth-order valence-electron chi connectivity index (χ4n) is 2.29. The molecule has 4 heteroatoms. The summed E-state index contributed by atoms with van der Waals surface area (Å²) in [6, 6.07) is 0. The smallest absolute Gasteiger partial charge is 0.240 e. The Kier molecular flexibility index (Phi) is 2.27. The van der Waals surface area contributed by atoms with Crippen molar-refractivity contribution in [3.05, 3.63) is 0 Å². The van der Waals surface area contributed by atoms with Crippen molar-refractivity contribution in [2.75, 3.05) is 6.54 Å². The van der Waals surface area contributed by atoms with Gasteiger partial charge in [0.25, 0.3) is 0 Å². The van der Waals surface area contributed by atoms with Gasteiger partial charge in [-0.05, 0) is 24.7 Å². The lowest BCUT2D eigenvalue weighted by Crippen LogP contribution is -2.72. The standard InChI is InChI=1S/C10H18N2O2/c1-6(2)8(13)12-10-3-7(4-10)5-11-9(10)14/h6-8,12-13H,3-5H2,1-2H3,(H,11,14). The largest absolute Gasteiger partial charge is 0.378 e.